The molecule has 3 aromatic heterocycles. The summed E-state index contributed by atoms with van der Waals surface area (Å²) in [6.07, 6.45) is 4.70. The number of aromatic amines is 1. The van der Waals surface area contributed by atoms with Crippen molar-refractivity contribution in [1.82, 2.24) is 20.2 Å². The van der Waals surface area contributed by atoms with E-state index < -0.39 is 0 Å². The summed E-state index contributed by atoms with van der Waals surface area (Å²) >= 11 is 0. The van der Waals surface area contributed by atoms with E-state index in [2.05, 4.69) is 33.1 Å². The van der Waals surface area contributed by atoms with Crippen LogP contribution in [0.3, 0.4) is 0 Å². The Kier molecular flexibility index (Phi) is 4.89. The summed E-state index contributed by atoms with van der Waals surface area (Å²) in [7, 11) is 0. The fourth-order valence-electron chi connectivity index (χ4n) is 4.35. The van der Waals surface area contributed by atoms with Crippen LogP contribution >= 0.6 is 0 Å². The Morgan fingerprint density at radius 2 is 2.07 bits per heavy atom. The van der Waals surface area contributed by atoms with Crippen molar-refractivity contribution < 1.29 is 13.9 Å². The normalized spacial score (nSPS) is 21.0. The number of anilines is 1. The molecule has 2 saturated heterocycles. The van der Waals surface area contributed by atoms with Crippen LogP contribution in [0.1, 0.15) is 31.2 Å². The molecule has 3 aromatic rings. The Morgan fingerprint density at radius 3 is 2.83 bits per heavy atom. The van der Waals surface area contributed by atoms with Crippen LogP contribution in [0.2, 0.25) is 0 Å². The van der Waals surface area contributed by atoms with Crippen molar-refractivity contribution in [2.24, 2.45) is 0 Å². The Morgan fingerprint density at radius 1 is 1.21 bits per heavy atom. The molecule has 2 aliphatic rings. The third-order valence-electron chi connectivity index (χ3n) is 5.89. The van der Waals surface area contributed by atoms with Crippen molar-refractivity contribution in [2.75, 3.05) is 37.9 Å². The first-order valence-corrected chi connectivity index (χ1v) is 10.1. The summed E-state index contributed by atoms with van der Waals surface area (Å²) in [5.74, 6) is 0.748. The molecule has 0 bridgehead atoms. The quantitative estimate of drug-likeness (QED) is 0.731. The minimum absolute atomic E-state index is 0.202. The monoisotopic (exact) mass is 397 g/mol. The summed E-state index contributed by atoms with van der Waals surface area (Å²) in [5, 5.41) is 7.53. The largest absolute Gasteiger partial charge is 0.381 e. The molecular weight excluding hydrogens is 373 g/mol. The third-order valence-corrected chi connectivity index (χ3v) is 5.89. The van der Waals surface area contributed by atoms with E-state index in [1.54, 1.807) is 6.20 Å². The van der Waals surface area contributed by atoms with Crippen molar-refractivity contribution in [3.05, 3.63) is 35.9 Å². The molecule has 0 aliphatic carbocycles. The number of hydrogen-bond donors (Lipinski definition) is 1. The third kappa shape index (κ3) is 3.36. The summed E-state index contributed by atoms with van der Waals surface area (Å²) in [6, 6.07) is 4.10. The van der Waals surface area contributed by atoms with Crippen LogP contribution in [-0.4, -0.2) is 59.2 Å². The van der Waals surface area contributed by atoms with Gasteiger partial charge in [-0.25, -0.2) is 14.4 Å². The van der Waals surface area contributed by atoms with Gasteiger partial charge in [0.15, 0.2) is 5.82 Å². The molecule has 0 unspecified atom stereocenters. The number of pyridine rings is 2. The van der Waals surface area contributed by atoms with Crippen molar-refractivity contribution in [2.45, 2.75) is 31.7 Å². The highest BCUT2D eigenvalue weighted by atomic mass is 19.1. The maximum Gasteiger partial charge on any atom is 0.151 e. The van der Waals surface area contributed by atoms with Gasteiger partial charge in [0.2, 0.25) is 0 Å². The fraction of sp³-hybridized carbons (Fsp3) is 0.476. The van der Waals surface area contributed by atoms with E-state index in [0.29, 0.717) is 43.0 Å². The van der Waals surface area contributed by atoms with Crippen molar-refractivity contribution in [3.8, 4) is 11.4 Å². The van der Waals surface area contributed by atoms with E-state index in [1.807, 2.05) is 6.07 Å². The number of nitrogens with one attached hydrogen (secondary N) is 1. The molecule has 2 fully saturated rings. The van der Waals surface area contributed by atoms with Gasteiger partial charge in [-0.2, -0.15) is 5.10 Å². The van der Waals surface area contributed by atoms with Crippen LogP contribution in [-0.2, 0) is 9.47 Å². The highest BCUT2D eigenvalue weighted by molar-refractivity contribution is 5.94. The van der Waals surface area contributed by atoms with Crippen molar-refractivity contribution in [1.29, 1.82) is 0 Å². The Hall–Kier alpha value is -2.58. The fourth-order valence-corrected chi connectivity index (χ4v) is 4.35. The summed E-state index contributed by atoms with van der Waals surface area (Å²) in [5.41, 5.74) is 2.92. The smallest absolute Gasteiger partial charge is 0.151 e. The lowest BCUT2D eigenvalue weighted by atomic mass is 9.88. The molecule has 8 heteroatoms. The molecule has 5 heterocycles. The number of halogens is 1. The lowest BCUT2D eigenvalue weighted by Gasteiger charge is -2.35. The van der Waals surface area contributed by atoms with E-state index in [4.69, 9.17) is 14.5 Å². The summed E-state index contributed by atoms with van der Waals surface area (Å²) < 4.78 is 26.2. The van der Waals surface area contributed by atoms with Crippen molar-refractivity contribution >= 4 is 16.7 Å². The van der Waals surface area contributed by atoms with Gasteiger partial charge in [-0.1, -0.05) is 0 Å². The molecule has 5 rings (SSSR count). The minimum Gasteiger partial charge on any atom is -0.381 e. The van der Waals surface area contributed by atoms with Gasteiger partial charge in [0, 0.05) is 31.3 Å². The molecule has 7 nitrogen and oxygen atoms in total. The number of H-pyrrole nitrogens is 1. The van der Waals surface area contributed by atoms with Gasteiger partial charge in [0.05, 0.1) is 31.1 Å². The second-order valence-corrected chi connectivity index (χ2v) is 7.72. The lowest BCUT2D eigenvalue weighted by Crippen LogP contribution is -2.44. The average Bonchev–Trinajstić information content (AvgIpc) is 3.29. The zero-order chi connectivity index (χ0) is 19.8. The van der Waals surface area contributed by atoms with Gasteiger partial charge in [0.1, 0.15) is 17.0 Å². The Labute approximate surface area is 168 Å². The number of morpholine rings is 1. The molecule has 0 aromatic carbocycles. The van der Waals surface area contributed by atoms with Crippen LogP contribution in [0.15, 0.2) is 24.5 Å². The highest BCUT2D eigenvalue weighted by Crippen LogP contribution is 2.38. The van der Waals surface area contributed by atoms with Gasteiger partial charge in [-0.05, 0) is 43.4 Å². The molecular formula is C21H24FN5O2. The van der Waals surface area contributed by atoms with Gasteiger partial charge in [0.25, 0.3) is 0 Å². The first kappa shape index (κ1) is 18.4. The highest BCUT2D eigenvalue weighted by Gasteiger charge is 2.27. The van der Waals surface area contributed by atoms with Gasteiger partial charge >= 0.3 is 0 Å². The first-order valence-electron chi connectivity index (χ1n) is 10.1. The van der Waals surface area contributed by atoms with Gasteiger partial charge < -0.3 is 14.4 Å². The van der Waals surface area contributed by atoms with E-state index in [9.17, 15) is 0 Å². The first-order chi connectivity index (χ1) is 14.2. The second kappa shape index (κ2) is 7.68. The van der Waals surface area contributed by atoms with Gasteiger partial charge in [-0.15, -0.1) is 0 Å². The molecule has 0 spiro atoms. The van der Waals surface area contributed by atoms with E-state index in [0.717, 1.165) is 36.5 Å². The predicted molar refractivity (Wildman–Crippen MR) is 107 cm³/mol. The lowest BCUT2D eigenvalue weighted by molar-refractivity contribution is 0.0855. The van der Waals surface area contributed by atoms with Crippen LogP contribution in [0.5, 0.6) is 0 Å². The minimum atomic E-state index is -0.334. The average molecular weight is 397 g/mol. The van der Waals surface area contributed by atoms with Crippen LogP contribution < -0.4 is 4.90 Å². The molecule has 1 N–H and O–H groups in total. The van der Waals surface area contributed by atoms with Crippen LogP contribution in [0.25, 0.3) is 22.3 Å². The molecule has 0 radical (unpaired) electrons. The second-order valence-electron chi connectivity index (χ2n) is 7.72. The number of hydrogen-bond acceptors (Lipinski definition) is 6. The predicted octanol–water partition coefficient (Wildman–Crippen LogP) is 3.28. The number of nitrogens with zero attached hydrogens (tertiary/aromatic N) is 4. The number of ether oxygens (including phenoxy) is 2. The number of fused-ring (bicyclic) bond motifs is 1. The van der Waals surface area contributed by atoms with Gasteiger partial charge in [-0.3, -0.25) is 5.10 Å². The maximum absolute atomic E-state index is 15.1. The molecule has 0 saturated carbocycles. The zero-order valence-electron chi connectivity index (χ0n) is 16.4. The standard InChI is InChI=1S/C21H24FN5O2/c1-13-12-29-9-6-27(13)18-10-15(14-3-7-28-8-4-14)19-16(22)11-23-20(21(19)25-18)17-2-5-24-26-17/h2,5,10-11,13-14H,3-4,6-9,12H2,1H3,(H,24,26)/t13-/m1/s1. The molecule has 2 aliphatic heterocycles. The Balaban J connectivity index is 1.75. The maximum atomic E-state index is 15.1. The van der Waals surface area contributed by atoms with Crippen LogP contribution in [0.4, 0.5) is 10.2 Å². The zero-order valence-corrected chi connectivity index (χ0v) is 16.4. The van der Waals surface area contributed by atoms with E-state index >= 15 is 4.39 Å². The number of aromatic nitrogens is 4. The molecule has 1 atom stereocenters. The summed E-state index contributed by atoms with van der Waals surface area (Å²) in [4.78, 5) is 11.5. The molecule has 152 valence electrons. The van der Waals surface area contributed by atoms with E-state index in [-0.39, 0.29) is 17.8 Å². The van der Waals surface area contributed by atoms with E-state index in [1.165, 1.54) is 6.20 Å². The summed E-state index contributed by atoms with van der Waals surface area (Å²) in [6.45, 7) is 5.58. The number of rotatable bonds is 3. The van der Waals surface area contributed by atoms with Crippen molar-refractivity contribution in [3.63, 3.8) is 0 Å². The topological polar surface area (TPSA) is 76.2 Å². The molecule has 29 heavy (non-hydrogen) atoms. The Bertz CT molecular complexity index is 1000. The SMILES string of the molecule is C[C@@H]1COCCN1c1cc(C2CCOCC2)c2c(F)cnc(-c3ccn[nH]3)c2n1. The molecule has 0 amide bonds. The van der Waals surface area contributed by atoms with Crippen LogP contribution in [0, 0.1) is 5.82 Å².